The second-order valence-corrected chi connectivity index (χ2v) is 5.66. The van der Waals surface area contributed by atoms with Crippen LogP contribution in [0.3, 0.4) is 0 Å². The van der Waals surface area contributed by atoms with Gasteiger partial charge >= 0.3 is 0 Å². The van der Waals surface area contributed by atoms with Crippen LogP contribution in [0.5, 0.6) is 0 Å². The summed E-state index contributed by atoms with van der Waals surface area (Å²) >= 11 is 0. The number of benzene rings is 2. The summed E-state index contributed by atoms with van der Waals surface area (Å²) in [6.07, 6.45) is 1.92. The molecule has 0 amide bonds. The fraction of sp³-hybridized carbons (Fsp3) is 0.429. The molecular formula is C21H28O3. The molecule has 0 spiro atoms. The van der Waals surface area contributed by atoms with Crippen LogP contribution in [0.25, 0.3) is 0 Å². The van der Waals surface area contributed by atoms with Crippen LogP contribution in [0.2, 0.25) is 0 Å². The van der Waals surface area contributed by atoms with E-state index in [1.165, 1.54) is 22.3 Å². The number of hydrogen-bond acceptors (Lipinski definition) is 3. The summed E-state index contributed by atoms with van der Waals surface area (Å²) in [6, 6.07) is 16.7. The van der Waals surface area contributed by atoms with Crippen molar-refractivity contribution in [3.05, 3.63) is 70.8 Å². The molecule has 0 saturated carbocycles. The molecule has 0 aliphatic carbocycles. The van der Waals surface area contributed by atoms with Gasteiger partial charge in [-0.3, -0.25) is 0 Å². The molecule has 0 fully saturated rings. The van der Waals surface area contributed by atoms with Gasteiger partial charge in [0.2, 0.25) is 0 Å². The van der Waals surface area contributed by atoms with Crippen LogP contribution < -0.4 is 0 Å². The first-order valence-corrected chi connectivity index (χ1v) is 8.80. The van der Waals surface area contributed by atoms with E-state index in [9.17, 15) is 0 Å². The van der Waals surface area contributed by atoms with Crippen molar-refractivity contribution in [1.29, 1.82) is 0 Å². The van der Waals surface area contributed by atoms with Crippen molar-refractivity contribution < 1.29 is 14.6 Å². The standard InChI is InChI=1S/C10H12O2.C9H10O.C2H6/c11-6-10-5-8-3-1-2-4-9(8)7-12-10;1-2-4-9-7-10-6-5-8(9)3-1;1-2/h1-4,10-11H,5-7H2;1-4H,5-7H2;1-2H3. The maximum absolute atomic E-state index is 8.89. The van der Waals surface area contributed by atoms with E-state index >= 15 is 0 Å². The van der Waals surface area contributed by atoms with Gasteiger partial charge in [0.15, 0.2) is 0 Å². The average Bonchev–Trinajstić information content (AvgIpc) is 2.69. The SMILES string of the molecule is CC.OCC1Cc2ccccc2CO1.c1ccc2c(c1)CCOC2. The van der Waals surface area contributed by atoms with Gasteiger partial charge in [0.05, 0.1) is 32.5 Å². The summed E-state index contributed by atoms with van der Waals surface area (Å²) < 4.78 is 10.7. The van der Waals surface area contributed by atoms with Crippen LogP contribution >= 0.6 is 0 Å². The molecule has 2 aliphatic rings. The third-order valence-corrected chi connectivity index (χ3v) is 4.14. The molecule has 2 aromatic carbocycles. The minimum Gasteiger partial charge on any atom is -0.394 e. The van der Waals surface area contributed by atoms with E-state index in [0.717, 1.165) is 26.1 Å². The van der Waals surface area contributed by atoms with E-state index < -0.39 is 0 Å². The molecule has 0 bridgehead atoms. The van der Waals surface area contributed by atoms with Crippen molar-refractivity contribution in [3.8, 4) is 0 Å². The Hall–Kier alpha value is -1.68. The first kappa shape index (κ1) is 18.7. The lowest BCUT2D eigenvalue weighted by Crippen LogP contribution is -2.25. The summed E-state index contributed by atoms with van der Waals surface area (Å²) in [5, 5.41) is 8.89. The molecule has 4 rings (SSSR count). The Morgan fingerprint density at radius 2 is 1.46 bits per heavy atom. The van der Waals surface area contributed by atoms with Gasteiger partial charge in [-0.05, 0) is 28.7 Å². The van der Waals surface area contributed by atoms with Gasteiger partial charge in [0.1, 0.15) is 0 Å². The summed E-state index contributed by atoms with van der Waals surface area (Å²) in [7, 11) is 0. The molecule has 0 aromatic heterocycles. The number of rotatable bonds is 1. The molecule has 2 aliphatic heterocycles. The molecule has 2 aromatic rings. The molecule has 3 heteroatoms. The lowest BCUT2D eigenvalue weighted by Gasteiger charge is -2.23. The fourth-order valence-corrected chi connectivity index (χ4v) is 2.83. The zero-order valence-electron chi connectivity index (χ0n) is 14.7. The molecule has 130 valence electrons. The van der Waals surface area contributed by atoms with Gasteiger partial charge in [-0.25, -0.2) is 0 Å². The number of fused-ring (bicyclic) bond motifs is 2. The Bertz CT molecular complexity index is 585. The molecule has 1 N–H and O–H groups in total. The minimum atomic E-state index is -0.0000926. The first-order chi connectivity index (χ1) is 11.9. The number of hydrogen-bond donors (Lipinski definition) is 1. The van der Waals surface area contributed by atoms with Crippen molar-refractivity contribution in [2.75, 3.05) is 13.2 Å². The highest BCUT2D eigenvalue weighted by molar-refractivity contribution is 5.28. The largest absolute Gasteiger partial charge is 0.394 e. The number of aliphatic hydroxyl groups is 1. The van der Waals surface area contributed by atoms with Gasteiger partial charge in [-0.15, -0.1) is 0 Å². The van der Waals surface area contributed by atoms with E-state index in [1.54, 1.807) is 0 Å². The summed E-state index contributed by atoms with van der Waals surface area (Å²) in [5.41, 5.74) is 5.37. The zero-order chi connectivity index (χ0) is 17.2. The third-order valence-electron chi connectivity index (χ3n) is 4.14. The van der Waals surface area contributed by atoms with E-state index in [2.05, 4.69) is 36.4 Å². The van der Waals surface area contributed by atoms with Gasteiger partial charge in [0, 0.05) is 6.42 Å². The lowest BCUT2D eigenvalue weighted by molar-refractivity contribution is -0.00701. The summed E-state index contributed by atoms with van der Waals surface area (Å²) in [5.74, 6) is 0. The van der Waals surface area contributed by atoms with Crippen molar-refractivity contribution in [2.24, 2.45) is 0 Å². The van der Waals surface area contributed by atoms with Gasteiger partial charge in [0.25, 0.3) is 0 Å². The number of aliphatic hydroxyl groups excluding tert-OH is 1. The molecular weight excluding hydrogens is 300 g/mol. The van der Waals surface area contributed by atoms with Crippen molar-refractivity contribution in [1.82, 2.24) is 0 Å². The fourth-order valence-electron chi connectivity index (χ4n) is 2.83. The van der Waals surface area contributed by atoms with Crippen molar-refractivity contribution in [2.45, 2.75) is 46.0 Å². The molecule has 0 saturated heterocycles. The second-order valence-electron chi connectivity index (χ2n) is 5.66. The third kappa shape index (κ3) is 5.17. The normalized spacial score (nSPS) is 18.0. The maximum Gasteiger partial charge on any atom is 0.0850 e. The Balaban J connectivity index is 0.000000160. The Kier molecular flexibility index (Phi) is 7.96. The first-order valence-electron chi connectivity index (χ1n) is 8.80. The van der Waals surface area contributed by atoms with Crippen LogP contribution in [-0.4, -0.2) is 24.4 Å². The highest BCUT2D eigenvalue weighted by Gasteiger charge is 2.17. The quantitative estimate of drug-likeness (QED) is 0.863. The molecule has 24 heavy (non-hydrogen) atoms. The van der Waals surface area contributed by atoms with Gasteiger partial charge in [-0.1, -0.05) is 62.4 Å². The van der Waals surface area contributed by atoms with Crippen LogP contribution in [0.4, 0.5) is 0 Å². The number of ether oxygens (including phenoxy) is 2. The smallest absolute Gasteiger partial charge is 0.0850 e. The van der Waals surface area contributed by atoms with Crippen molar-refractivity contribution >= 4 is 0 Å². The average molecular weight is 328 g/mol. The molecule has 0 radical (unpaired) electrons. The molecule has 2 heterocycles. The monoisotopic (exact) mass is 328 g/mol. The Labute approximate surface area is 145 Å². The summed E-state index contributed by atoms with van der Waals surface area (Å²) in [6.45, 7) is 6.45. The maximum atomic E-state index is 8.89. The Morgan fingerprint density at radius 1 is 0.875 bits per heavy atom. The predicted octanol–water partition coefficient (Wildman–Crippen LogP) is 3.91. The van der Waals surface area contributed by atoms with E-state index in [4.69, 9.17) is 14.6 Å². The van der Waals surface area contributed by atoms with E-state index in [0.29, 0.717) is 6.61 Å². The van der Waals surface area contributed by atoms with Crippen molar-refractivity contribution in [3.63, 3.8) is 0 Å². The van der Waals surface area contributed by atoms with E-state index in [1.807, 2.05) is 26.0 Å². The molecule has 1 atom stereocenters. The topological polar surface area (TPSA) is 38.7 Å². The highest BCUT2D eigenvalue weighted by Crippen LogP contribution is 2.19. The van der Waals surface area contributed by atoms with Crippen LogP contribution in [0.15, 0.2) is 48.5 Å². The Morgan fingerprint density at radius 3 is 2.08 bits per heavy atom. The summed E-state index contributed by atoms with van der Waals surface area (Å²) in [4.78, 5) is 0. The molecule has 3 nitrogen and oxygen atoms in total. The minimum absolute atomic E-state index is 0.0000926. The zero-order valence-corrected chi connectivity index (χ0v) is 14.7. The van der Waals surface area contributed by atoms with Crippen LogP contribution in [0, 0.1) is 0 Å². The van der Waals surface area contributed by atoms with Crippen LogP contribution in [-0.2, 0) is 35.5 Å². The van der Waals surface area contributed by atoms with E-state index in [-0.39, 0.29) is 12.7 Å². The van der Waals surface area contributed by atoms with Gasteiger partial charge in [-0.2, -0.15) is 0 Å². The second kappa shape index (κ2) is 10.2. The predicted molar refractivity (Wildman–Crippen MR) is 97.0 cm³/mol. The highest BCUT2D eigenvalue weighted by atomic mass is 16.5. The van der Waals surface area contributed by atoms with Crippen LogP contribution in [0.1, 0.15) is 36.1 Å². The molecule has 1 unspecified atom stereocenters. The van der Waals surface area contributed by atoms with Gasteiger partial charge < -0.3 is 14.6 Å². The lowest BCUT2D eigenvalue weighted by atomic mass is 10.00.